The van der Waals surface area contributed by atoms with Crippen molar-refractivity contribution < 1.29 is 4.79 Å². The third-order valence-corrected chi connectivity index (χ3v) is 3.80. The Hall–Kier alpha value is -0.630. The molecular weight excluding hydrogens is 264 g/mol. The summed E-state index contributed by atoms with van der Waals surface area (Å²) in [5.41, 5.74) is 3.70. The molecule has 0 spiro atoms. The first-order valence-electron chi connectivity index (χ1n) is 6.02. The van der Waals surface area contributed by atoms with Crippen LogP contribution in [0.25, 0.3) is 0 Å². The maximum atomic E-state index is 11.6. The minimum Gasteiger partial charge on any atom is -0.293 e. The molecule has 1 nitrogen and oxygen atoms in total. The number of carbonyl (C=O) groups is 1. The fraction of sp³-hybridized carbons (Fsp3) is 0.500. The van der Waals surface area contributed by atoms with E-state index in [-0.39, 0.29) is 5.78 Å². The van der Waals surface area contributed by atoms with Crippen molar-refractivity contribution in [2.24, 2.45) is 0 Å². The third-order valence-electron chi connectivity index (χ3n) is 3.29. The average molecular weight is 281 g/mol. The van der Waals surface area contributed by atoms with Crippen LogP contribution in [0, 0.1) is 0 Å². The Bertz CT molecular complexity index is 384. The van der Waals surface area contributed by atoms with E-state index < -0.39 is 0 Å². The molecular formula is C14H17BrO. The number of ketones is 1. The van der Waals surface area contributed by atoms with Gasteiger partial charge in [-0.15, -0.1) is 0 Å². The van der Waals surface area contributed by atoms with E-state index in [0.717, 1.165) is 12.0 Å². The summed E-state index contributed by atoms with van der Waals surface area (Å²) >= 11 is 3.23. The van der Waals surface area contributed by atoms with Crippen LogP contribution in [0.5, 0.6) is 0 Å². The molecule has 0 N–H and O–H groups in total. The van der Waals surface area contributed by atoms with Crippen LogP contribution in [-0.4, -0.2) is 11.1 Å². The molecule has 1 aromatic rings. The van der Waals surface area contributed by atoms with Gasteiger partial charge in [0, 0.05) is 5.56 Å². The average Bonchev–Trinajstić information content (AvgIpc) is 2.28. The zero-order valence-corrected chi connectivity index (χ0v) is 11.1. The number of benzene rings is 1. The van der Waals surface area contributed by atoms with Crippen molar-refractivity contribution in [3.05, 3.63) is 34.9 Å². The number of alkyl halides is 1. The highest BCUT2D eigenvalue weighted by atomic mass is 79.9. The first-order valence-corrected chi connectivity index (χ1v) is 7.14. The summed E-state index contributed by atoms with van der Waals surface area (Å²) in [5, 5.41) is 0.422. The van der Waals surface area contributed by atoms with Crippen LogP contribution < -0.4 is 0 Å². The van der Waals surface area contributed by atoms with Gasteiger partial charge in [-0.1, -0.05) is 40.9 Å². The van der Waals surface area contributed by atoms with Crippen molar-refractivity contribution in [3.8, 4) is 0 Å². The molecule has 1 aliphatic carbocycles. The molecule has 0 bridgehead atoms. The van der Waals surface area contributed by atoms with Gasteiger partial charge in [-0.3, -0.25) is 4.79 Å². The summed E-state index contributed by atoms with van der Waals surface area (Å²) in [4.78, 5) is 11.6. The number of aryl methyl sites for hydroxylation is 2. The minimum absolute atomic E-state index is 0.185. The Labute approximate surface area is 105 Å². The molecule has 0 heterocycles. The largest absolute Gasteiger partial charge is 0.293 e. The lowest BCUT2D eigenvalue weighted by atomic mass is 9.91. The van der Waals surface area contributed by atoms with Crippen molar-refractivity contribution in [2.75, 3.05) is 5.33 Å². The van der Waals surface area contributed by atoms with Crippen LogP contribution in [0.2, 0.25) is 0 Å². The molecule has 0 saturated carbocycles. The van der Waals surface area contributed by atoms with Gasteiger partial charge in [-0.25, -0.2) is 0 Å². The van der Waals surface area contributed by atoms with E-state index >= 15 is 0 Å². The monoisotopic (exact) mass is 280 g/mol. The molecule has 0 atom stereocenters. The van der Waals surface area contributed by atoms with E-state index in [4.69, 9.17) is 0 Å². The first-order chi connectivity index (χ1) is 7.81. The highest BCUT2D eigenvalue weighted by molar-refractivity contribution is 9.09. The Morgan fingerprint density at radius 3 is 2.44 bits per heavy atom. The summed E-state index contributed by atoms with van der Waals surface area (Å²) in [7, 11) is 0. The van der Waals surface area contributed by atoms with Gasteiger partial charge in [0.1, 0.15) is 0 Å². The van der Waals surface area contributed by atoms with Crippen LogP contribution in [0.1, 0.15) is 47.2 Å². The van der Waals surface area contributed by atoms with E-state index in [1.54, 1.807) is 0 Å². The second-order valence-corrected chi connectivity index (χ2v) is 5.02. The van der Waals surface area contributed by atoms with Crippen LogP contribution >= 0.6 is 15.9 Å². The van der Waals surface area contributed by atoms with Gasteiger partial charge < -0.3 is 0 Å². The zero-order chi connectivity index (χ0) is 11.4. The molecule has 86 valence electrons. The fourth-order valence-corrected chi connectivity index (χ4v) is 2.66. The maximum Gasteiger partial charge on any atom is 0.173 e. The molecule has 0 unspecified atom stereocenters. The van der Waals surface area contributed by atoms with Crippen LogP contribution in [-0.2, 0) is 12.8 Å². The zero-order valence-electron chi connectivity index (χ0n) is 9.47. The van der Waals surface area contributed by atoms with E-state index in [1.807, 2.05) is 6.07 Å². The Kier molecular flexibility index (Phi) is 4.16. The predicted octanol–water partition coefficient (Wildman–Crippen LogP) is 3.92. The number of hydrogen-bond acceptors (Lipinski definition) is 1. The van der Waals surface area contributed by atoms with Crippen LogP contribution in [0.15, 0.2) is 18.2 Å². The molecule has 2 heteroatoms. The lowest BCUT2D eigenvalue weighted by Gasteiger charge is -2.14. The first kappa shape index (κ1) is 11.8. The summed E-state index contributed by atoms with van der Waals surface area (Å²) in [6.45, 7) is 0. The standard InChI is InChI=1S/C14H17BrO/c15-10-14(16)13-8-7-11-5-3-1-2-4-6-12(11)9-13/h7-9H,1-6,10H2. The molecule has 0 fully saturated rings. The Morgan fingerprint density at radius 1 is 1.06 bits per heavy atom. The summed E-state index contributed by atoms with van der Waals surface area (Å²) < 4.78 is 0. The number of hydrogen-bond donors (Lipinski definition) is 0. The lowest BCUT2D eigenvalue weighted by Crippen LogP contribution is -2.05. The second kappa shape index (κ2) is 5.62. The molecule has 2 rings (SSSR count). The number of rotatable bonds is 2. The molecule has 0 radical (unpaired) electrons. The summed E-state index contributed by atoms with van der Waals surface area (Å²) in [6, 6.07) is 6.23. The lowest BCUT2D eigenvalue weighted by molar-refractivity contribution is 0.102. The molecule has 0 amide bonds. The Morgan fingerprint density at radius 2 is 1.75 bits per heavy atom. The van der Waals surface area contributed by atoms with E-state index in [1.165, 1.54) is 43.2 Å². The van der Waals surface area contributed by atoms with Gasteiger partial charge >= 0.3 is 0 Å². The van der Waals surface area contributed by atoms with Crippen molar-refractivity contribution in [1.82, 2.24) is 0 Å². The van der Waals surface area contributed by atoms with Crippen molar-refractivity contribution in [3.63, 3.8) is 0 Å². The van der Waals surface area contributed by atoms with E-state index in [9.17, 15) is 4.79 Å². The molecule has 0 aliphatic heterocycles. The van der Waals surface area contributed by atoms with Gasteiger partial charge in [-0.2, -0.15) is 0 Å². The van der Waals surface area contributed by atoms with Crippen LogP contribution in [0.4, 0.5) is 0 Å². The third kappa shape index (κ3) is 2.73. The number of Topliss-reactive ketones (excluding diaryl/α,β-unsaturated/α-hetero) is 1. The Balaban J connectivity index is 2.28. The fourth-order valence-electron chi connectivity index (χ4n) is 2.34. The summed E-state index contributed by atoms with van der Waals surface area (Å²) in [5.74, 6) is 0.185. The van der Waals surface area contributed by atoms with Gasteiger partial charge in [-0.05, 0) is 42.9 Å². The second-order valence-electron chi connectivity index (χ2n) is 4.45. The van der Waals surface area contributed by atoms with Gasteiger partial charge in [0.2, 0.25) is 0 Å². The SMILES string of the molecule is O=C(CBr)c1ccc2c(c1)CCCCCC2. The van der Waals surface area contributed by atoms with Gasteiger partial charge in [0.05, 0.1) is 5.33 Å². The predicted molar refractivity (Wildman–Crippen MR) is 70.4 cm³/mol. The van der Waals surface area contributed by atoms with E-state index in [2.05, 4.69) is 28.1 Å². The normalized spacial score (nSPS) is 16.1. The highest BCUT2D eigenvalue weighted by Gasteiger charge is 2.10. The highest BCUT2D eigenvalue weighted by Crippen LogP contribution is 2.21. The molecule has 16 heavy (non-hydrogen) atoms. The molecule has 1 aliphatic rings. The van der Waals surface area contributed by atoms with Gasteiger partial charge in [0.25, 0.3) is 0 Å². The number of halogens is 1. The van der Waals surface area contributed by atoms with Gasteiger partial charge in [0.15, 0.2) is 5.78 Å². The van der Waals surface area contributed by atoms with Crippen LogP contribution in [0.3, 0.4) is 0 Å². The smallest absolute Gasteiger partial charge is 0.173 e. The molecule has 0 saturated heterocycles. The topological polar surface area (TPSA) is 17.1 Å². The number of fused-ring (bicyclic) bond motifs is 1. The van der Waals surface area contributed by atoms with E-state index in [0.29, 0.717) is 5.33 Å². The van der Waals surface area contributed by atoms with Crippen molar-refractivity contribution in [1.29, 1.82) is 0 Å². The van der Waals surface area contributed by atoms with Crippen molar-refractivity contribution >= 4 is 21.7 Å². The van der Waals surface area contributed by atoms with Crippen molar-refractivity contribution in [2.45, 2.75) is 38.5 Å². The minimum atomic E-state index is 0.185. The molecule has 1 aromatic carbocycles. The number of carbonyl (C=O) groups excluding carboxylic acids is 1. The maximum absolute atomic E-state index is 11.6. The molecule has 0 aromatic heterocycles. The quantitative estimate of drug-likeness (QED) is 0.593. The summed E-state index contributed by atoms with van der Waals surface area (Å²) in [6.07, 6.45) is 7.55.